The van der Waals surface area contributed by atoms with Crippen LogP contribution in [0.1, 0.15) is 38.5 Å². The number of Topliss-reactive ketones (excluding diaryl/α,β-unsaturated/α-hetero) is 1. The van der Waals surface area contributed by atoms with Gasteiger partial charge in [0.2, 0.25) is 0 Å². The van der Waals surface area contributed by atoms with Gasteiger partial charge in [-0.3, -0.25) is 4.79 Å². The van der Waals surface area contributed by atoms with Crippen LogP contribution in [0.15, 0.2) is 0 Å². The molecule has 1 aliphatic carbocycles. The van der Waals surface area contributed by atoms with Gasteiger partial charge in [-0.15, -0.1) is 0 Å². The molecule has 1 saturated carbocycles. The molecule has 1 saturated heterocycles. The molecule has 0 aromatic rings. The van der Waals surface area contributed by atoms with Crippen LogP contribution in [0.25, 0.3) is 0 Å². The molecule has 3 nitrogen and oxygen atoms in total. The van der Waals surface area contributed by atoms with Crippen LogP contribution < -0.4 is 0 Å². The zero-order valence-corrected chi connectivity index (χ0v) is 9.46. The van der Waals surface area contributed by atoms with Gasteiger partial charge in [0, 0.05) is 26.2 Å². The molecule has 1 heterocycles. The molecular weight excluding hydrogens is 192 g/mol. The minimum absolute atomic E-state index is 0.178. The third-order valence-corrected chi connectivity index (χ3v) is 3.84. The van der Waals surface area contributed by atoms with Gasteiger partial charge in [0.05, 0.1) is 0 Å². The number of hydrogen-bond donors (Lipinski definition) is 0. The minimum Gasteiger partial charge on any atom is -0.381 e. The Hall–Kier alpha value is -0.410. The number of ketones is 1. The van der Waals surface area contributed by atoms with Gasteiger partial charge in [-0.05, 0) is 38.5 Å². The molecule has 0 atom stereocenters. The average molecular weight is 212 g/mol. The summed E-state index contributed by atoms with van der Waals surface area (Å²) in [6.07, 6.45) is 5.85. The summed E-state index contributed by atoms with van der Waals surface area (Å²) >= 11 is 0. The third-order valence-electron chi connectivity index (χ3n) is 3.84. The number of methoxy groups -OCH3 is 1. The summed E-state index contributed by atoms with van der Waals surface area (Å²) in [5.74, 6) is 0.516. The number of ether oxygens (including phenoxy) is 2. The highest BCUT2D eigenvalue weighted by molar-refractivity contribution is 5.89. The van der Waals surface area contributed by atoms with Crippen molar-refractivity contribution in [3.05, 3.63) is 0 Å². The molecular formula is C12H20O3. The fraction of sp³-hybridized carbons (Fsp3) is 0.917. The molecule has 0 amide bonds. The Balaban J connectivity index is 2.03. The van der Waals surface area contributed by atoms with Gasteiger partial charge in [-0.25, -0.2) is 0 Å². The standard InChI is InChI=1S/C12H20O3/c1-14-12(6-2-3-7-12)11(13)10-4-8-15-9-5-10/h10H,2-9H2,1H3. The van der Waals surface area contributed by atoms with Crippen molar-refractivity contribution in [2.24, 2.45) is 5.92 Å². The number of carbonyl (C=O) groups is 1. The van der Waals surface area contributed by atoms with Gasteiger partial charge in [-0.2, -0.15) is 0 Å². The van der Waals surface area contributed by atoms with Crippen LogP contribution in [0.4, 0.5) is 0 Å². The normalized spacial score (nSPS) is 26.7. The fourth-order valence-electron chi connectivity index (χ4n) is 2.83. The summed E-state index contributed by atoms with van der Waals surface area (Å²) in [4.78, 5) is 12.4. The highest BCUT2D eigenvalue weighted by Gasteiger charge is 2.44. The van der Waals surface area contributed by atoms with E-state index in [0.29, 0.717) is 5.78 Å². The molecule has 0 N–H and O–H groups in total. The van der Waals surface area contributed by atoms with Crippen molar-refractivity contribution in [3.63, 3.8) is 0 Å². The number of carbonyl (C=O) groups excluding carboxylic acids is 1. The Bertz CT molecular complexity index is 225. The number of hydrogen-bond acceptors (Lipinski definition) is 3. The fourth-order valence-corrected chi connectivity index (χ4v) is 2.83. The van der Waals surface area contributed by atoms with Crippen molar-refractivity contribution in [3.8, 4) is 0 Å². The van der Waals surface area contributed by atoms with E-state index in [1.54, 1.807) is 7.11 Å². The SMILES string of the molecule is COC1(C(=O)C2CCOCC2)CCCC1. The van der Waals surface area contributed by atoms with E-state index in [0.717, 1.165) is 51.7 Å². The first-order chi connectivity index (χ1) is 7.28. The van der Waals surface area contributed by atoms with Crippen LogP contribution in [0, 0.1) is 5.92 Å². The zero-order chi connectivity index (χ0) is 10.7. The Kier molecular flexibility index (Phi) is 3.42. The van der Waals surface area contributed by atoms with Gasteiger partial charge < -0.3 is 9.47 Å². The summed E-state index contributed by atoms with van der Waals surface area (Å²) < 4.78 is 10.8. The van der Waals surface area contributed by atoms with Crippen molar-refractivity contribution < 1.29 is 14.3 Å². The Morgan fingerprint density at radius 1 is 1.27 bits per heavy atom. The van der Waals surface area contributed by atoms with Crippen LogP contribution in [0.3, 0.4) is 0 Å². The summed E-state index contributed by atoms with van der Waals surface area (Å²) in [6, 6.07) is 0. The third kappa shape index (κ3) is 2.08. The molecule has 0 spiro atoms. The van der Waals surface area contributed by atoms with Gasteiger partial charge >= 0.3 is 0 Å². The first kappa shape index (κ1) is 11.1. The summed E-state index contributed by atoms with van der Waals surface area (Å²) in [6.45, 7) is 1.46. The average Bonchev–Trinajstić information content (AvgIpc) is 2.79. The van der Waals surface area contributed by atoms with Crippen LogP contribution in [-0.2, 0) is 14.3 Å². The lowest BCUT2D eigenvalue weighted by Crippen LogP contribution is -2.43. The Morgan fingerprint density at radius 3 is 2.40 bits per heavy atom. The van der Waals surface area contributed by atoms with Crippen molar-refractivity contribution >= 4 is 5.78 Å². The Morgan fingerprint density at radius 2 is 1.87 bits per heavy atom. The van der Waals surface area contributed by atoms with Crippen LogP contribution in [-0.4, -0.2) is 31.7 Å². The molecule has 2 fully saturated rings. The van der Waals surface area contributed by atoms with Crippen molar-refractivity contribution in [2.75, 3.05) is 20.3 Å². The minimum atomic E-state index is -0.442. The molecule has 0 radical (unpaired) electrons. The molecule has 3 heteroatoms. The van der Waals surface area contributed by atoms with E-state index >= 15 is 0 Å². The maximum Gasteiger partial charge on any atom is 0.167 e. The van der Waals surface area contributed by atoms with Gasteiger partial charge in [0.15, 0.2) is 5.78 Å². The lowest BCUT2D eigenvalue weighted by molar-refractivity contribution is -0.147. The van der Waals surface area contributed by atoms with E-state index in [4.69, 9.17) is 9.47 Å². The molecule has 2 aliphatic rings. The van der Waals surface area contributed by atoms with E-state index in [1.807, 2.05) is 0 Å². The van der Waals surface area contributed by atoms with Crippen LogP contribution in [0.5, 0.6) is 0 Å². The molecule has 0 aromatic carbocycles. The van der Waals surface area contributed by atoms with Gasteiger partial charge in [0.25, 0.3) is 0 Å². The monoisotopic (exact) mass is 212 g/mol. The molecule has 0 aromatic heterocycles. The molecule has 0 bridgehead atoms. The van der Waals surface area contributed by atoms with Crippen LogP contribution in [0.2, 0.25) is 0 Å². The second-order valence-corrected chi connectivity index (χ2v) is 4.66. The van der Waals surface area contributed by atoms with Gasteiger partial charge in [-0.1, -0.05) is 0 Å². The largest absolute Gasteiger partial charge is 0.381 e. The first-order valence-electron chi connectivity index (χ1n) is 5.96. The molecule has 0 unspecified atom stereocenters. The van der Waals surface area contributed by atoms with E-state index < -0.39 is 5.60 Å². The quantitative estimate of drug-likeness (QED) is 0.717. The lowest BCUT2D eigenvalue weighted by Gasteiger charge is -2.31. The predicted octanol–water partition coefficient (Wildman–Crippen LogP) is 1.94. The second kappa shape index (κ2) is 4.62. The number of rotatable bonds is 3. The first-order valence-corrected chi connectivity index (χ1v) is 5.96. The maximum absolute atomic E-state index is 12.4. The molecule has 1 aliphatic heterocycles. The Labute approximate surface area is 91.1 Å². The smallest absolute Gasteiger partial charge is 0.167 e. The molecule has 2 rings (SSSR count). The van der Waals surface area contributed by atoms with Crippen molar-refractivity contribution in [1.29, 1.82) is 0 Å². The highest BCUT2D eigenvalue weighted by Crippen LogP contribution is 2.37. The summed E-state index contributed by atoms with van der Waals surface area (Å²) in [5.41, 5.74) is -0.442. The zero-order valence-electron chi connectivity index (χ0n) is 9.46. The highest BCUT2D eigenvalue weighted by atomic mass is 16.5. The maximum atomic E-state index is 12.4. The van der Waals surface area contributed by atoms with Crippen molar-refractivity contribution in [1.82, 2.24) is 0 Å². The predicted molar refractivity (Wildman–Crippen MR) is 56.8 cm³/mol. The molecule has 86 valence electrons. The summed E-state index contributed by atoms with van der Waals surface area (Å²) in [7, 11) is 1.68. The summed E-state index contributed by atoms with van der Waals surface area (Å²) in [5, 5.41) is 0. The van der Waals surface area contributed by atoms with E-state index in [9.17, 15) is 4.79 Å². The van der Waals surface area contributed by atoms with E-state index in [-0.39, 0.29) is 5.92 Å². The molecule has 15 heavy (non-hydrogen) atoms. The van der Waals surface area contributed by atoms with E-state index in [2.05, 4.69) is 0 Å². The topological polar surface area (TPSA) is 35.5 Å². The van der Waals surface area contributed by atoms with Crippen LogP contribution >= 0.6 is 0 Å². The second-order valence-electron chi connectivity index (χ2n) is 4.66. The van der Waals surface area contributed by atoms with Crippen molar-refractivity contribution in [2.45, 2.75) is 44.1 Å². The van der Waals surface area contributed by atoms with E-state index in [1.165, 1.54) is 0 Å². The van der Waals surface area contributed by atoms with Gasteiger partial charge in [0.1, 0.15) is 5.60 Å². The lowest BCUT2D eigenvalue weighted by atomic mass is 9.83.